The number of allylic oxidation sites excluding steroid dienone is 4. The third-order valence-electron chi connectivity index (χ3n) is 14.1. The van der Waals surface area contributed by atoms with Crippen molar-refractivity contribution >= 4 is 22.6 Å². The van der Waals surface area contributed by atoms with Gasteiger partial charge in [0.2, 0.25) is 5.78 Å². The number of carbonyl (C=O) groups excluding carboxylic acids is 2. The first-order chi connectivity index (χ1) is 24.0. The number of ketones is 1. The summed E-state index contributed by atoms with van der Waals surface area (Å²) in [6.45, 7) is 5.54. The number of hydrogen-bond donors (Lipinski definition) is 2. The van der Waals surface area contributed by atoms with Crippen LogP contribution in [0.15, 0.2) is 89.1 Å². The van der Waals surface area contributed by atoms with Crippen LogP contribution in [0.5, 0.6) is 5.75 Å². The van der Waals surface area contributed by atoms with Crippen molar-refractivity contribution in [3.05, 3.63) is 90.4 Å². The predicted octanol–water partition coefficient (Wildman–Crippen LogP) is 7.74. The Morgan fingerprint density at radius 2 is 1.70 bits per heavy atom. The molecule has 8 atom stereocenters. The Labute approximate surface area is 294 Å². The van der Waals surface area contributed by atoms with E-state index in [9.17, 15) is 19.8 Å². The molecule has 2 N–H and O–H groups in total. The number of ether oxygens (including phenoxy) is 2. The van der Waals surface area contributed by atoms with E-state index in [-0.39, 0.29) is 29.6 Å². The van der Waals surface area contributed by atoms with Crippen LogP contribution in [-0.2, 0) is 4.74 Å². The quantitative estimate of drug-likeness (QED) is 0.135. The van der Waals surface area contributed by atoms with Gasteiger partial charge in [0.1, 0.15) is 5.75 Å². The van der Waals surface area contributed by atoms with E-state index in [0.29, 0.717) is 50.3 Å². The number of amides is 1. The molecular weight excluding hydrogens is 630 g/mol. The molecule has 3 saturated carbocycles. The molecule has 9 rings (SSSR count). The van der Waals surface area contributed by atoms with Crippen LogP contribution in [0.25, 0.3) is 10.8 Å². The van der Waals surface area contributed by atoms with E-state index in [2.05, 4.69) is 32.1 Å². The van der Waals surface area contributed by atoms with E-state index in [0.717, 1.165) is 42.0 Å². The van der Waals surface area contributed by atoms with E-state index in [1.165, 1.54) is 0 Å². The lowest BCUT2D eigenvalue weighted by Crippen LogP contribution is -2.67. The van der Waals surface area contributed by atoms with Gasteiger partial charge in [0.25, 0.3) is 0 Å². The third-order valence-corrected chi connectivity index (χ3v) is 14.1. The zero-order valence-corrected chi connectivity index (χ0v) is 29.4. The topological polar surface area (TPSA) is 109 Å². The summed E-state index contributed by atoms with van der Waals surface area (Å²) in [4.78, 5) is 30.1. The van der Waals surface area contributed by atoms with Gasteiger partial charge in [-0.3, -0.25) is 4.79 Å². The van der Waals surface area contributed by atoms with Crippen molar-refractivity contribution < 1.29 is 33.7 Å². The largest absolute Gasteiger partial charge is 0.461 e. The number of furan rings is 1. The standard InChI is InChI=1S/C42H49NO7/c1-38-16-13-30(44)25-40(38)19-20-42(32(26-40)36(45)33-10-6-23-49-33)34(38)14-17-39(2)35(42)15-18-41(39,47)27-43(21-7-22-48-3)37(46)50-31-12-11-28-8-4-5-9-29(28)24-31/h4-6,8-12,19-20,23-24,26,30,34-35,44,47H,7,13-18,21-22,25,27H2,1-3H3. The van der Waals surface area contributed by atoms with Gasteiger partial charge in [-0.05, 0) is 104 Å². The number of hydrogen-bond acceptors (Lipinski definition) is 7. The van der Waals surface area contributed by atoms with Gasteiger partial charge in [-0.15, -0.1) is 0 Å². The first kappa shape index (κ1) is 33.4. The fourth-order valence-corrected chi connectivity index (χ4v) is 11.5. The lowest BCUT2D eigenvalue weighted by Gasteiger charge is -2.71. The van der Waals surface area contributed by atoms with Crippen LogP contribution in [0.1, 0.15) is 75.8 Å². The van der Waals surface area contributed by atoms with Crippen molar-refractivity contribution in [2.75, 3.05) is 26.8 Å². The summed E-state index contributed by atoms with van der Waals surface area (Å²) in [5.41, 5.74) is -2.21. The average molecular weight is 680 g/mol. The molecule has 6 aliphatic rings. The Balaban J connectivity index is 1.14. The van der Waals surface area contributed by atoms with Gasteiger partial charge < -0.3 is 29.0 Å². The molecule has 264 valence electrons. The summed E-state index contributed by atoms with van der Waals surface area (Å²) in [5.74, 6) is 0.802. The highest BCUT2D eigenvalue weighted by Gasteiger charge is 2.74. The minimum absolute atomic E-state index is 0.0422. The molecule has 3 fully saturated rings. The summed E-state index contributed by atoms with van der Waals surface area (Å²) in [7, 11) is 1.64. The molecule has 8 heteroatoms. The van der Waals surface area contributed by atoms with E-state index < -0.39 is 34.0 Å². The SMILES string of the molecule is COCCCN(CC1(O)CCC2C34C=CC5(C=C3C(=O)c3ccco3)CC(O)CCC5(C)C4CCC21C)C(=O)Oc1ccc2ccccc2c1. The van der Waals surface area contributed by atoms with E-state index in [1.54, 1.807) is 30.4 Å². The molecule has 1 aromatic heterocycles. The second-order valence-corrected chi connectivity index (χ2v) is 16.3. The summed E-state index contributed by atoms with van der Waals surface area (Å²) in [5, 5.41) is 25.9. The molecule has 1 amide bonds. The number of Topliss-reactive ketones (excluding diaryl/α,β-unsaturated/α-hetero) is 1. The van der Waals surface area contributed by atoms with Crippen LogP contribution in [0, 0.1) is 33.5 Å². The summed E-state index contributed by atoms with van der Waals surface area (Å²) >= 11 is 0. The van der Waals surface area contributed by atoms with Crippen LogP contribution < -0.4 is 4.74 Å². The number of fused-ring (bicyclic) bond motifs is 2. The minimum Gasteiger partial charge on any atom is -0.461 e. The van der Waals surface area contributed by atoms with Gasteiger partial charge in [-0.25, -0.2) is 4.79 Å². The Bertz CT molecular complexity index is 1870. The molecule has 0 radical (unpaired) electrons. The van der Waals surface area contributed by atoms with Gasteiger partial charge in [-0.2, -0.15) is 0 Å². The fraction of sp³-hybridized carbons (Fsp3) is 0.524. The number of methoxy groups -OCH3 is 1. The molecule has 0 saturated heterocycles. The fourth-order valence-electron chi connectivity index (χ4n) is 11.5. The Hall–Kier alpha value is -3.72. The smallest absolute Gasteiger partial charge is 0.415 e. The lowest BCUT2D eigenvalue weighted by molar-refractivity contribution is -0.175. The van der Waals surface area contributed by atoms with Crippen LogP contribution in [0.4, 0.5) is 4.79 Å². The first-order valence-electron chi connectivity index (χ1n) is 18.4. The van der Waals surface area contributed by atoms with Gasteiger partial charge in [0.05, 0.1) is 24.5 Å². The number of rotatable bonds is 9. The maximum Gasteiger partial charge on any atom is 0.415 e. The van der Waals surface area contributed by atoms with Crippen molar-refractivity contribution in [3.63, 3.8) is 0 Å². The maximum absolute atomic E-state index is 14.5. The Morgan fingerprint density at radius 3 is 2.48 bits per heavy atom. The van der Waals surface area contributed by atoms with Gasteiger partial charge in [0, 0.05) is 42.1 Å². The highest BCUT2D eigenvalue weighted by atomic mass is 16.6. The zero-order valence-electron chi connectivity index (χ0n) is 29.4. The lowest BCUT2D eigenvalue weighted by atomic mass is 9.32. The van der Waals surface area contributed by atoms with E-state index in [1.807, 2.05) is 42.5 Å². The Kier molecular flexibility index (Phi) is 7.97. The number of aliphatic hydroxyl groups is 2. The highest BCUT2D eigenvalue weighted by molar-refractivity contribution is 6.08. The van der Waals surface area contributed by atoms with Crippen molar-refractivity contribution in [2.45, 2.75) is 76.9 Å². The molecule has 1 heterocycles. The predicted molar refractivity (Wildman–Crippen MR) is 190 cm³/mol. The van der Waals surface area contributed by atoms with Crippen LogP contribution >= 0.6 is 0 Å². The molecule has 8 unspecified atom stereocenters. The average Bonchev–Trinajstić information content (AvgIpc) is 3.74. The molecule has 50 heavy (non-hydrogen) atoms. The molecule has 2 spiro atoms. The monoisotopic (exact) mass is 679 g/mol. The molecule has 0 aliphatic heterocycles. The second-order valence-electron chi connectivity index (χ2n) is 16.3. The summed E-state index contributed by atoms with van der Waals surface area (Å²) in [6.07, 6.45) is 13.1. The molecular formula is C42H49NO7. The summed E-state index contributed by atoms with van der Waals surface area (Å²) < 4.78 is 17.0. The van der Waals surface area contributed by atoms with Crippen molar-refractivity contribution in [2.24, 2.45) is 33.5 Å². The van der Waals surface area contributed by atoms with Crippen molar-refractivity contribution in [1.29, 1.82) is 0 Å². The summed E-state index contributed by atoms with van der Waals surface area (Å²) in [6, 6.07) is 17.1. The molecule has 6 aliphatic carbocycles. The number of benzene rings is 2. The van der Waals surface area contributed by atoms with Crippen molar-refractivity contribution in [1.82, 2.24) is 4.90 Å². The molecule has 3 aromatic rings. The molecule has 2 bridgehead atoms. The molecule has 8 nitrogen and oxygen atoms in total. The number of nitrogens with zero attached hydrogens (tertiary/aromatic N) is 1. The minimum atomic E-state index is -1.21. The van der Waals surface area contributed by atoms with Crippen LogP contribution in [-0.4, -0.2) is 65.5 Å². The van der Waals surface area contributed by atoms with Gasteiger partial charge in [-0.1, -0.05) is 62.4 Å². The maximum atomic E-state index is 14.5. The first-order valence-corrected chi connectivity index (χ1v) is 18.4. The van der Waals surface area contributed by atoms with Crippen molar-refractivity contribution in [3.8, 4) is 5.75 Å². The van der Waals surface area contributed by atoms with E-state index in [4.69, 9.17) is 13.9 Å². The van der Waals surface area contributed by atoms with Gasteiger partial charge >= 0.3 is 6.09 Å². The Morgan fingerprint density at radius 1 is 0.940 bits per heavy atom. The van der Waals surface area contributed by atoms with Crippen LogP contribution in [0.3, 0.4) is 0 Å². The number of aliphatic hydroxyl groups excluding tert-OH is 1. The zero-order chi connectivity index (χ0) is 34.9. The van der Waals surface area contributed by atoms with E-state index >= 15 is 0 Å². The number of carbonyl (C=O) groups is 2. The van der Waals surface area contributed by atoms with Crippen LogP contribution in [0.2, 0.25) is 0 Å². The van der Waals surface area contributed by atoms with Gasteiger partial charge in [0.15, 0.2) is 5.76 Å². The molecule has 2 aromatic carbocycles. The normalized spacial score (nSPS) is 36.7. The second kappa shape index (κ2) is 11.9. The highest BCUT2D eigenvalue weighted by Crippen LogP contribution is 2.78. The third kappa shape index (κ3) is 4.74.